The number of guanidine groups is 1. The van der Waals surface area contributed by atoms with Crippen LogP contribution in [0, 0.1) is 6.92 Å². The highest BCUT2D eigenvalue weighted by atomic mass is 127. The Bertz CT molecular complexity index is 685. The molecule has 24 heavy (non-hydrogen) atoms. The van der Waals surface area contributed by atoms with Gasteiger partial charge in [0.05, 0.1) is 0 Å². The Morgan fingerprint density at radius 3 is 2.62 bits per heavy atom. The smallest absolute Gasteiger partial charge is 0.194 e. The van der Waals surface area contributed by atoms with Gasteiger partial charge in [-0.1, -0.05) is 29.8 Å². The van der Waals surface area contributed by atoms with Crippen LogP contribution in [0.2, 0.25) is 5.02 Å². The van der Waals surface area contributed by atoms with Gasteiger partial charge in [-0.25, -0.2) is 4.99 Å². The van der Waals surface area contributed by atoms with Crippen molar-refractivity contribution >= 4 is 41.5 Å². The predicted molar refractivity (Wildman–Crippen MR) is 109 cm³/mol. The molecule has 0 unspecified atom stereocenters. The molecule has 2 rings (SSSR count). The van der Waals surface area contributed by atoms with Crippen molar-refractivity contribution in [3.05, 3.63) is 46.5 Å². The molecule has 132 valence electrons. The third-order valence-electron chi connectivity index (χ3n) is 3.61. The quantitative estimate of drug-likeness (QED) is 0.422. The maximum absolute atomic E-state index is 6.24. The van der Waals surface area contributed by atoms with E-state index in [2.05, 4.69) is 20.5 Å². The third kappa shape index (κ3) is 5.34. The van der Waals surface area contributed by atoms with Crippen molar-refractivity contribution in [2.45, 2.75) is 26.9 Å². The van der Waals surface area contributed by atoms with Gasteiger partial charge in [0.1, 0.15) is 12.4 Å². The minimum Gasteiger partial charge on any atom is -0.357 e. The molecule has 0 aliphatic carbocycles. The number of nitrogens with zero attached hydrogens (tertiary/aromatic N) is 5. The van der Waals surface area contributed by atoms with Gasteiger partial charge in [0.15, 0.2) is 11.8 Å². The van der Waals surface area contributed by atoms with E-state index in [1.54, 1.807) is 0 Å². The van der Waals surface area contributed by atoms with Crippen LogP contribution >= 0.6 is 35.6 Å². The van der Waals surface area contributed by atoms with Crippen LogP contribution in [-0.4, -0.2) is 39.2 Å². The van der Waals surface area contributed by atoms with E-state index in [4.69, 9.17) is 11.6 Å². The average molecular weight is 463 g/mol. The second-order valence-corrected chi connectivity index (χ2v) is 5.75. The van der Waals surface area contributed by atoms with Gasteiger partial charge in [0, 0.05) is 32.2 Å². The second-order valence-electron chi connectivity index (χ2n) is 5.34. The Labute approximate surface area is 165 Å². The topological polar surface area (TPSA) is 58.3 Å². The molecule has 0 amide bonds. The summed E-state index contributed by atoms with van der Waals surface area (Å²) in [5.74, 6) is 2.53. The first-order valence-electron chi connectivity index (χ1n) is 7.60. The summed E-state index contributed by atoms with van der Waals surface area (Å²) in [6, 6.07) is 7.84. The lowest BCUT2D eigenvalue weighted by Crippen LogP contribution is -2.38. The number of hydrogen-bond acceptors (Lipinski definition) is 3. The summed E-state index contributed by atoms with van der Waals surface area (Å²) in [5, 5.41) is 12.3. The fourth-order valence-corrected chi connectivity index (χ4v) is 2.36. The summed E-state index contributed by atoms with van der Waals surface area (Å²) >= 11 is 6.24. The van der Waals surface area contributed by atoms with Gasteiger partial charge in [0.2, 0.25) is 0 Å². The zero-order chi connectivity index (χ0) is 16.8. The van der Waals surface area contributed by atoms with Crippen molar-refractivity contribution in [2.24, 2.45) is 12.0 Å². The van der Waals surface area contributed by atoms with Gasteiger partial charge in [-0.2, -0.15) is 0 Å². The number of rotatable bonds is 5. The zero-order valence-electron chi connectivity index (χ0n) is 14.5. The van der Waals surface area contributed by atoms with Crippen molar-refractivity contribution < 1.29 is 0 Å². The Morgan fingerprint density at radius 1 is 1.33 bits per heavy atom. The fraction of sp³-hybridized carbons (Fsp3) is 0.438. The Hall–Kier alpha value is -1.35. The lowest BCUT2D eigenvalue weighted by molar-refractivity contribution is 0.476. The molecule has 0 fully saturated rings. The third-order valence-corrected chi connectivity index (χ3v) is 3.98. The van der Waals surface area contributed by atoms with Crippen LogP contribution in [0.4, 0.5) is 0 Å². The highest BCUT2D eigenvalue weighted by Crippen LogP contribution is 2.16. The monoisotopic (exact) mass is 462 g/mol. The summed E-state index contributed by atoms with van der Waals surface area (Å²) in [6.45, 7) is 5.93. The van der Waals surface area contributed by atoms with Gasteiger partial charge in [0.25, 0.3) is 0 Å². The van der Waals surface area contributed by atoms with Crippen molar-refractivity contribution in [2.75, 3.05) is 13.6 Å². The molecule has 0 radical (unpaired) electrons. The minimum atomic E-state index is 0. The first-order chi connectivity index (χ1) is 11.0. The Kier molecular flexibility index (Phi) is 8.47. The number of aromatic nitrogens is 3. The summed E-state index contributed by atoms with van der Waals surface area (Å²) in [4.78, 5) is 6.70. The molecule has 0 aliphatic rings. The molecule has 1 aromatic heterocycles. The molecule has 2 aromatic rings. The average Bonchev–Trinajstić information content (AvgIpc) is 2.85. The molecule has 0 atom stereocenters. The maximum Gasteiger partial charge on any atom is 0.194 e. The van der Waals surface area contributed by atoms with Crippen molar-refractivity contribution in [3.63, 3.8) is 0 Å². The molecular formula is C16H24ClIN6. The number of halogens is 2. The van der Waals surface area contributed by atoms with Gasteiger partial charge < -0.3 is 14.8 Å². The largest absolute Gasteiger partial charge is 0.357 e. The minimum absolute atomic E-state index is 0. The van der Waals surface area contributed by atoms with Gasteiger partial charge >= 0.3 is 0 Å². The van der Waals surface area contributed by atoms with Crippen LogP contribution in [0.25, 0.3) is 0 Å². The standard InChI is InChI=1S/C16H23ClN6.HI/c1-5-18-16(19-10-15-21-20-12(2)23(15)4)22(3)11-13-8-6-7-9-14(13)17;/h6-9H,5,10-11H2,1-4H3,(H,18,19);1H. The normalized spacial score (nSPS) is 11.1. The number of aryl methyl sites for hydroxylation is 1. The molecular weight excluding hydrogens is 439 g/mol. The fourth-order valence-electron chi connectivity index (χ4n) is 2.16. The lowest BCUT2D eigenvalue weighted by Gasteiger charge is -2.22. The highest BCUT2D eigenvalue weighted by Gasteiger charge is 2.10. The lowest BCUT2D eigenvalue weighted by atomic mass is 10.2. The number of nitrogens with one attached hydrogen (secondary N) is 1. The van der Waals surface area contributed by atoms with Gasteiger partial charge in [-0.15, -0.1) is 34.2 Å². The number of aliphatic imine (C=N–C) groups is 1. The van der Waals surface area contributed by atoms with Crippen LogP contribution < -0.4 is 5.32 Å². The second kappa shape index (κ2) is 9.83. The van der Waals surface area contributed by atoms with Crippen molar-refractivity contribution in [1.82, 2.24) is 25.0 Å². The first-order valence-corrected chi connectivity index (χ1v) is 7.98. The molecule has 1 heterocycles. The van der Waals surface area contributed by atoms with E-state index in [0.29, 0.717) is 13.1 Å². The predicted octanol–water partition coefficient (Wildman–Crippen LogP) is 2.99. The zero-order valence-corrected chi connectivity index (χ0v) is 17.5. The molecule has 6 nitrogen and oxygen atoms in total. The van der Waals surface area contributed by atoms with Crippen LogP contribution in [0.15, 0.2) is 29.3 Å². The number of benzene rings is 1. The van der Waals surface area contributed by atoms with Gasteiger partial charge in [-0.05, 0) is 25.5 Å². The van der Waals surface area contributed by atoms with Gasteiger partial charge in [-0.3, -0.25) is 0 Å². The number of hydrogen-bond donors (Lipinski definition) is 1. The van der Waals surface area contributed by atoms with E-state index < -0.39 is 0 Å². The van der Waals surface area contributed by atoms with E-state index in [9.17, 15) is 0 Å². The molecule has 0 bridgehead atoms. The Balaban J connectivity index is 0.00000288. The molecule has 0 spiro atoms. The van der Waals surface area contributed by atoms with E-state index in [1.165, 1.54) is 0 Å². The highest BCUT2D eigenvalue weighted by molar-refractivity contribution is 14.0. The molecule has 1 aromatic carbocycles. The van der Waals surface area contributed by atoms with E-state index in [-0.39, 0.29) is 24.0 Å². The molecule has 8 heteroatoms. The van der Waals surface area contributed by atoms with Crippen LogP contribution in [0.3, 0.4) is 0 Å². The van der Waals surface area contributed by atoms with Crippen LogP contribution in [-0.2, 0) is 20.1 Å². The molecule has 1 N–H and O–H groups in total. The molecule has 0 saturated carbocycles. The molecule has 0 aliphatic heterocycles. The van der Waals surface area contributed by atoms with Crippen LogP contribution in [0.1, 0.15) is 24.1 Å². The maximum atomic E-state index is 6.24. The SMILES string of the molecule is CCNC(=NCc1nnc(C)n1C)N(C)Cc1ccccc1Cl.I. The van der Waals surface area contributed by atoms with E-state index in [0.717, 1.165) is 34.7 Å². The van der Waals surface area contributed by atoms with E-state index >= 15 is 0 Å². The Morgan fingerprint density at radius 2 is 2.04 bits per heavy atom. The van der Waals surface area contributed by atoms with Crippen LogP contribution in [0.5, 0.6) is 0 Å². The van der Waals surface area contributed by atoms with Crippen molar-refractivity contribution in [1.29, 1.82) is 0 Å². The summed E-state index contributed by atoms with van der Waals surface area (Å²) in [6.07, 6.45) is 0. The summed E-state index contributed by atoms with van der Waals surface area (Å²) in [7, 11) is 3.94. The molecule has 0 saturated heterocycles. The summed E-state index contributed by atoms with van der Waals surface area (Å²) < 4.78 is 1.95. The van der Waals surface area contributed by atoms with E-state index in [1.807, 2.05) is 61.7 Å². The summed E-state index contributed by atoms with van der Waals surface area (Å²) in [5.41, 5.74) is 1.07. The first kappa shape index (κ1) is 20.7. The van der Waals surface area contributed by atoms with Crippen molar-refractivity contribution in [3.8, 4) is 0 Å².